The van der Waals surface area contributed by atoms with E-state index in [1.807, 2.05) is 28.8 Å². The zero-order chi connectivity index (χ0) is 18.1. The lowest BCUT2D eigenvalue weighted by molar-refractivity contribution is -0.136. The first-order valence-electron chi connectivity index (χ1n) is 9.34. The van der Waals surface area contributed by atoms with Crippen molar-refractivity contribution in [3.63, 3.8) is 0 Å². The summed E-state index contributed by atoms with van der Waals surface area (Å²) in [7, 11) is 3.66. The molecular formula is C20H26N4O2. The standard InChI is InChI=1S/C20H26N4O2/c1-23-10-9-22-19(23)18-13-21-8-11-24(18)20(25)16-5-3-4-14-6-7-15(26-2)12-17(14)16/h6-7,9-10,12,16,18,21H,3-5,8,11,13H2,1-2H3. The largest absolute Gasteiger partial charge is 0.497 e. The number of carbonyl (C=O) groups is 1. The number of carbonyl (C=O) groups excluding carboxylic acids is 1. The molecule has 2 aromatic rings. The molecule has 1 saturated heterocycles. The molecule has 1 N–H and O–H groups in total. The summed E-state index contributed by atoms with van der Waals surface area (Å²) in [5.41, 5.74) is 2.41. The van der Waals surface area contributed by atoms with Crippen LogP contribution in [0.15, 0.2) is 30.6 Å². The summed E-state index contributed by atoms with van der Waals surface area (Å²) in [4.78, 5) is 20.1. The van der Waals surface area contributed by atoms with Crippen molar-refractivity contribution < 1.29 is 9.53 Å². The van der Waals surface area contributed by atoms with Crippen molar-refractivity contribution in [2.75, 3.05) is 26.7 Å². The molecule has 4 rings (SSSR count). The highest BCUT2D eigenvalue weighted by Crippen LogP contribution is 2.37. The van der Waals surface area contributed by atoms with Gasteiger partial charge in [0.05, 0.1) is 13.0 Å². The summed E-state index contributed by atoms with van der Waals surface area (Å²) in [6.07, 6.45) is 6.72. The summed E-state index contributed by atoms with van der Waals surface area (Å²) in [5.74, 6) is 1.89. The van der Waals surface area contributed by atoms with Gasteiger partial charge in [-0.3, -0.25) is 4.79 Å². The molecule has 6 nitrogen and oxygen atoms in total. The average Bonchev–Trinajstić information content (AvgIpc) is 3.12. The molecular weight excluding hydrogens is 328 g/mol. The van der Waals surface area contributed by atoms with E-state index in [1.165, 1.54) is 5.56 Å². The molecule has 0 radical (unpaired) electrons. The number of hydrogen-bond donors (Lipinski definition) is 1. The van der Waals surface area contributed by atoms with Crippen LogP contribution in [0.2, 0.25) is 0 Å². The second-order valence-electron chi connectivity index (χ2n) is 7.16. The molecule has 1 fully saturated rings. The van der Waals surface area contributed by atoms with Gasteiger partial charge in [0, 0.05) is 39.1 Å². The SMILES string of the molecule is COc1ccc2c(c1)C(C(=O)N1CCNCC1c1nccn1C)CCC2. The predicted molar refractivity (Wildman–Crippen MR) is 99.2 cm³/mol. The van der Waals surface area contributed by atoms with Gasteiger partial charge in [0.1, 0.15) is 17.6 Å². The molecule has 1 aromatic heterocycles. The van der Waals surface area contributed by atoms with Gasteiger partial charge in [-0.2, -0.15) is 0 Å². The highest BCUT2D eigenvalue weighted by Gasteiger charge is 2.36. The van der Waals surface area contributed by atoms with E-state index in [0.717, 1.165) is 49.5 Å². The number of aryl methyl sites for hydroxylation is 2. The monoisotopic (exact) mass is 354 g/mol. The van der Waals surface area contributed by atoms with Crippen molar-refractivity contribution in [2.45, 2.75) is 31.2 Å². The van der Waals surface area contributed by atoms with Crippen LogP contribution in [0, 0.1) is 0 Å². The van der Waals surface area contributed by atoms with E-state index in [0.29, 0.717) is 6.54 Å². The first-order valence-corrected chi connectivity index (χ1v) is 9.34. The Labute approximate surface area is 154 Å². The lowest BCUT2D eigenvalue weighted by Gasteiger charge is -2.39. The van der Waals surface area contributed by atoms with Crippen molar-refractivity contribution in [3.05, 3.63) is 47.5 Å². The fraction of sp³-hybridized carbons (Fsp3) is 0.500. The summed E-state index contributed by atoms with van der Waals surface area (Å²) in [5, 5.41) is 3.41. The third-order valence-electron chi connectivity index (χ3n) is 5.65. The van der Waals surface area contributed by atoms with Gasteiger partial charge in [0.25, 0.3) is 0 Å². The smallest absolute Gasteiger partial charge is 0.230 e. The van der Waals surface area contributed by atoms with Gasteiger partial charge in [0.2, 0.25) is 5.91 Å². The highest BCUT2D eigenvalue weighted by atomic mass is 16.5. The summed E-state index contributed by atoms with van der Waals surface area (Å²) < 4.78 is 7.41. The Balaban J connectivity index is 1.66. The normalized spacial score (nSPS) is 22.8. The van der Waals surface area contributed by atoms with Gasteiger partial charge in [-0.15, -0.1) is 0 Å². The van der Waals surface area contributed by atoms with E-state index in [9.17, 15) is 4.79 Å². The zero-order valence-corrected chi connectivity index (χ0v) is 15.4. The Morgan fingerprint density at radius 3 is 3.04 bits per heavy atom. The van der Waals surface area contributed by atoms with Crippen LogP contribution in [0.3, 0.4) is 0 Å². The van der Waals surface area contributed by atoms with Crippen LogP contribution in [-0.2, 0) is 18.3 Å². The van der Waals surface area contributed by atoms with Crippen molar-refractivity contribution in [3.8, 4) is 5.75 Å². The molecule has 138 valence electrons. The molecule has 0 saturated carbocycles. The fourth-order valence-electron chi connectivity index (χ4n) is 4.26. The minimum atomic E-state index is -0.0882. The van der Waals surface area contributed by atoms with Gasteiger partial charge >= 0.3 is 0 Å². The van der Waals surface area contributed by atoms with E-state index in [4.69, 9.17) is 4.74 Å². The van der Waals surface area contributed by atoms with E-state index >= 15 is 0 Å². The number of rotatable bonds is 3. The molecule has 1 aromatic carbocycles. The van der Waals surface area contributed by atoms with E-state index in [1.54, 1.807) is 13.3 Å². The third-order valence-corrected chi connectivity index (χ3v) is 5.65. The maximum atomic E-state index is 13.6. The second-order valence-corrected chi connectivity index (χ2v) is 7.16. The Hall–Kier alpha value is -2.34. The number of benzene rings is 1. The van der Waals surface area contributed by atoms with Crippen molar-refractivity contribution >= 4 is 5.91 Å². The van der Waals surface area contributed by atoms with Crippen molar-refractivity contribution in [1.82, 2.24) is 19.8 Å². The summed E-state index contributed by atoms with van der Waals surface area (Å²) >= 11 is 0. The minimum Gasteiger partial charge on any atom is -0.497 e. The van der Waals surface area contributed by atoms with Gasteiger partial charge < -0.3 is 19.5 Å². The van der Waals surface area contributed by atoms with Crippen molar-refractivity contribution in [2.24, 2.45) is 7.05 Å². The van der Waals surface area contributed by atoms with Crippen LogP contribution in [0.4, 0.5) is 0 Å². The third kappa shape index (κ3) is 2.98. The first kappa shape index (κ1) is 17.1. The number of nitrogens with one attached hydrogen (secondary N) is 1. The van der Waals surface area contributed by atoms with Gasteiger partial charge in [-0.25, -0.2) is 4.98 Å². The molecule has 1 amide bonds. The van der Waals surface area contributed by atoms with Crippen LogP contribution >= 0.6 is 0 Å². The predicted octanol–water partition coefficient (Wildman–Crippen LogP) is 2.02. The van der Waals surface area contributed by atoms with E-state index in [-0.39, 0.29) is 17.9 Å². The molecule has 6 heteroatoms. The van der Waals surface area contributed by atoms with Crippen LogP contribution in [-0.4, -0.2) is 47.1 Å². The number of nitrogens with zero attached hydrogens (tertiary/aromatic N) is 3. The highest BCUT2D eigenvalue weighted by molar-refractivity contribution is 5.85. The first-order chi connectivity index (χ1) is 12.7. The molecule has 1 aliphatic carbocycles. The van der Waals surface area contributed by atoms with Gasteiger partial charge in [-0.1, -0.05) is 6.07 Å². The van der Waals surface area contributed by atoms with Crippen LogP contribution in [0.5, 0.6) is 5.75 Å². The number of hydrogen-bond acceptors (Lipinski definition) is 4. The van der Waals surface area contributed by atoms with Crippen LogP contribution in [0.1, 0.15) is 41.8 Å². The maximum Gasteiger partial charge on any atom is 0.230 e. The molecule has 2 atom stereocenters. The van der Waals surface area contributed by atoms with Gasteiger partial charge in [-0.05, 0) is 42.5 Å². The molecule has 2 aliphatic rings. The molecule has 26 heavy (non-hydrogen) atoms. The zero-order valence-electron chi connectivity index (χ0n) is 15.4. The van der Waals surface area contributed by atoms with Gasteiger partial charge in [0.15, 0.2) is 0 Å². The van der Waals surface area contributed by atoms with Crippen molar-refractivity contribution in [1.29, 1.82) is 0 Å². The Morgan fingerprint density at radius 2 is 2.27 bits per heavy atom. The number of piperazine rings is 1. The number of imidazole rings is 1. The van der Waals surface area contributed by atoms with E-state index < -0.39 is 0 Å². The summed E-state index contributed by atoms with van der Waals surface area (Å²) in [6.45, 7) is 2.28. The fourth-order valence-corrected chi connectivity index (χ4v) is 4.26. The lowest BCUT2D eigenvalue weighted by atomic mass is 9.81. The minimum absolute atomic E-state index is 0.0211. The number of ether oxygens (including phenoxy) is 1. The Morgan fingerprint density at radius 1 is 1.38 bits per heavy atom. The summed E-state index contributed by atoms with van der Waals surface area (Å²) in [6, 6.07) is 6.14. The molecule has 0 bridgehead atoms. The number of amides is 1. The topological polar surface area (TPSA) is 59.4 Å². The number of aromatic nitrogens is 2. The molecule has 1 aliphatic heterocycles. The quantitative estimate of drug-likeness (QED) is 0.916. The second kappa shape index (κ2) is 7.11. The lowest BCUT2D eigenvalue weighted by Crippen LogP contribution is -2.51. The molecule has 2 heterocycles. The maximum absolute atomic E-state index is 13.6. The Bertz CT molecular complexity index is 801. The van der Waals surface area contributed by atoms with Crippen LogP contribution < -0.4 is 10.1 Å². The average molecular weight is 354 g/mol. The van der Waals surface area contributed by atoms with Crippen LogP contribution in [0.25, 0.3) is 0 Å². The molecule has 0 spiro atoms. The molecule has 2 unspecified atom stereocenters. The Kier molecular flexibility index (Phi) is 4.68. The number of fused-ring (bicyclic) bond motifs is 1. The number of methoxy groups -OCH3 is 1. The van der Waals surface area contributed by atoms with E-state index in [2.05, 4.69) is 22.4 Å².